The van der Waals surface area contributed by atoms with E-state index in [1.807, 2.05) is 22.9 Å². The number of hydrogen-bond acceptors (Lipinski definition) is 3. The molecule has 0 bridgehead atoms. The molecule has 92 valence electrons. The van der Waals surface area contributed by atoms with Gasteiger partial charge in [-0.2, -0.15) is 0 Å². The van der Waals surface area contributed by atoms with Gasteiger partial charge in [0.05, 0.1) is 17.6 Å². The Morgan fingerprint density at radius 3 is 2.94 bits per heavy atom. The lowest BCUT2D eigenvalue weighted by molar-refractivity contribution is 0.789. The first-order valence-electron chi connectivity index (χ1n) is 5.49. The van der Waals surface area contributed by atoms with Crippen LogP contribution in [0.25, 0.3) is 11.0 Å². The number of hydrogen-bond donors (Lipinski definition) is 2. The second kappa shape index (κ2) is 4.22. The van der Waals surface area contributed by atoms with Crippen molar-refractivity contribution in [3.8, 4) is 0 Å². The van der Waals surface area contributed by atoms with Crippen LogP contribution in [-0.2, 0) is 6.54 Å². The molecule has 0 aliphatic heterocycles. The van der Waals surface area contributed by atoms with E-state index in [9.17, 15) is 4.79 Å². The molecule has 3 aromatic rings. The lowest BCUT2D eigenvalue weighted by Gasteiger charge is -2.02. The molecule has 0 unspecified atom stereocenters. The summed E-state index contributed by atoms with van der Waals surface area (Å²) in [6.07, 6.45) is 0. The van der Waals surface area contributed by atoms with Gasteiger partial charge in [0.2, 0.25) is 0 Å². The highest BCUT2D eigenvalue weighted by Crippen LogP contribution is 2.17. The molecular weight excluding hydrogens is 266 g/mol. The van der Waals surface area contributed by atoms with Crippen molar-refractivity contribution in [1.29, 1.82) is 0 Å². The van der Waals surface area contributed by atoms with Gasteiger partial charge in [-0.3, -0.25) is 4.79 Å². The zero-order valence-corrected chi connectivity index (χ0v) is 11.3. The molecule has 2 N–H and O–H groups in total. The number of rotatable bonds is 2. The molecule has 4 nitrogen and oxygen atoms in total. The zero-order valence-electron chi connectivity index (χ0n) is 9.69. The highest BCUT2D eigenvalue weighted by Gasteiger charge is 2.06. The number of aryl methyl sites for hydroxylation is 1. The SMILES string of the molecule is Cc1ccc2c(c1)[nH]c(=S)n2Cc1csc(=O)[nH]1. The van der Waals surface area contributed by atoms with Crippen molar-refractivity contribution in [2.45, 2.75) is 13.5 Å². The molecule has 0 saturated heterocycles. The third-order valence-electron chi connectivity index (χ3n) is 2.83. The Balaban J connectivity index is 2.14. The maximum Gasteiger partial charge on any atom is 0.304 e. The Kier molecular flexibility index (Phi) is 2.68. The molecule has 0 aliphatic carbocycles. The first kappa shape index (κ1) is 11.4. The van der Waals surface area contributed by atoms with Crippen molar-refractivity contribution in [1.82, 2.24) is 14.5 Å². The minimum absolute atomic E-state index is 0.0350. The van der Waals surface area contributed by atoms with Crippen molar-refractivity contribution in [2.75, 3.05) is 0 Å². The lowest BCUT2D eigenvalue weighted by atomic mass is 10.2. The predicted molar refractivity (Wildman–Crippen MR) is 75.9 cm³/mol. The number of nitrogens with one attached hydrogen (secondary N) is 2. The summed E-state index contributed by atoms with van der Waals surface area (Å²) in [6.45, 7) is 2.63. The molecule has 0 aliphatic rings. The van der Waals surface area contributed by atoms with E-state index >= 15 is 0 Å². The fraction of sp³-hybridized carbons (Fsp3) is 0.167. The summed E-state index contributed by atoms with van der Waals surface area (Å²) >= 11 is 6.49. The number of H-pyrrole nitrogens is 2. The third-order valence-corrected chi connectivity index (χ3v) is 3.87. The van der Waals surface area contributed by atoms with Crippen LogP contribution in [0.2, 0.25) is 0 Å². The van der Waals surface area contributed by atoms with E-state index < -0.39 is 0 Å². The monoisotopic (exact) mass is 277 g/mol. The van der Waals surface area contributed by atoms with Crippen LogP contribution >= 0.6 is 23.6 Å². The second-order valence-electron chi connectivity index (χ2n) is 4.21. The van der Waals surface area contributed by atoms with E-state index in [2.05, 4.69) is 22.1 Å². The molecule has 3 rings (SSSR count). The van der Waals surface area contributed by atoms with Gasteiger partial charge in [0.1, 0.15) is 0 Å². The first-order chi connectivity index (χ1) is 8.63. The van der Waals surface area contributed by atoms with Crippen LogP contribution in [0.3, 0.4) is 0 Å². The summed E-state index contributed by atoms with van der Waals surface area (Å²) in [5.74, 6) is 0. The molecule has 0 saturated carbocycles. The molecule has 0 amide bonds. The number of benzene rings is 1. The Morgan fingerprint density at radius 1 is 1.39 bits per heavy atom. The van der Waals surface area contributed by atoms with Crippen LogP contribution < -0.4 is 4.87 Å². The molecule has 1 aromatic carbocycles. The first-order valence-corrected chi connectivity index (χ1v) is 6.78. The van der Waals surface area contributed by atoms with E-state index in [1.165, 1.54) is 16.9 Å². The van der Waals surface area contributed by atoms with Gasteiger partial charge >= 0.3 is 4.87 Å². The van der Waals surface area contributed by atoms with Crippen molar-refractivity contribution < 1.29 is 0 Å². The van der Waals surface area contributed by atoms with Gasteiger partial charge in [0.25, 0.3) is 0 Å². The number of fused-ring (bicyclic) bond motifs is 1. The van der Waals surface area contributed by atoms with Gasteiger partial charge in [-0.05, 0) is 36.8 Å². The molecule has 6 heteroatoms. The Morgan fingerprint density at radius 2 is 2.22 bits per heavy atom. The van der Waals surface area contributed by atoms with Crippen molar-refractivity contribution in [3.63, 3.8) is 0 Å². The van der Waals surface area contributed by atoms with Gasteiger partial charge in [-0.25, -0.2) is 0 Å². The number of imidazole rings is 1. The Labute approximate surface area is 112 Å². The molecule has 0 radical (unpaired) electrons. The largest absolute Gasteiger partial charge is 0.331 e. The van der Waals surface area contributed by atoms with Gasteiger partial charge in [-0.15, -0.1) is 0 Å². The average Bonchev–Trinajstić information content (AvgIpc) is 2.84. The van der Waals surface area contributed by atoms with Crippen LogP contribution in [-0.4, -0.2) is 14.5 Å². The summed E-state index contributed by atoms with van der Waals surface area (Å²) < 4.78 is 2.66. The van der Waals surface area contributed by atoms with Crippen LogP contribution in [0.4, 0.5) is 0 Å². The summed E-state index contributed by atoms with van der Waals surface area (Å²) in [5.41, 5.74) is 4.15. The van der Waals surface area contributed by atoms with Crippen LogP contribution in [0, 0.1) is 11.7 Å². The zero-order chi connectivity index (χ0) is 12.7. The van der Waals surface area contributed by atoms with Gasteiger partial charge in [0.15, 0.2) is 4.77 Å². The molecule has 0 spiro atoms. The molecule has 2 aromatic heterocycles. The number of thiazole rings is 1. The normalized spacial score (nSPS) is 11.2. The van der Waals surface area contributed by atoms with Crippen LogP contribution in [0.15, 0.2) is 28.4 Å². The molecule has 18 heavy (non-hydrogen) atoms. The number of aromatic nitrogens is 3. The average molecular weight is 277 g/mol. The van der Waals surface area contributed by atoms with Crippen molar-refractivity contribution in [2.24, 2.45) is 0 Å². The van der Waals surface area contributed by atoms with Gasteiger partial charge in [0, 0.05) is 11.1 Å². The summed E-state index contributed by atoms with van der Waals surface area (Å²) in [6, 6.07) is 6.16. The van der Waals surface area contributed by atoms with E-state index in [-0.39, 0.29) is 4.87 Å². The minimum Gasteiger partial charge on any atom is -0.331 e. The minimum atomic E-state index is -0.0350. The quantitative estimate of drug-likeness (QED) is 0.708. The molecule has 2 heterocycles. The maximum absolute atomic E-state index is 11.1. The third kappa shape index (κ3) is 1.93. The van der Waals surface area contributed by atoms with Crippen LogP contribution in [0.1, 0.15) is 11.3 Å². The van der Waals surface area contributed by atoms with Gasteiger partial charge in [-0.1, -0.05) is 17.4 Å². The van der Waals surface area contributed by atoms with E-state index in [0.29, 0.717) is 11.3 Å². The van der Waals surface area contributed by atoms with E-state index in [1.54, 1.807) is 0 Å². The lowest BCUT2D eigenvalue weighted by Crippen LogP contribution is -2.02. The molecular formula is C12H11N3OS2. The topological polar surface area (TPSA) is 53.6 Å². The van der Waals surface area contributed by atoms with Gasteiger partial charge < -0.3 is 14.5 Å². The Bertz CT molecular complexity index is 822. The summed E-state index contributed by atoms with van der Waals surface area (Å²) in [5, 5.41) is 1.83. The second-order valence-corrected chi connectivity index (χ2v) is 5.44. The van der Waals surface area contributed by atoms with Crippen molar-refractivity contribution in [3.05, 3.63) is 49.3 Å². The highest BCUT2D eigenvalue weighted by atomic mass is 32.1. The fourth-order valence-corrected chi connectivity index (χ4v) is 2.84. The molecule has 0 atom stereocenters. The predicted octanol–water partition coefficient (Wildman–Crippen LogP) is 2.81. The van der Waals surface area contributed by atoms with Crippen LogP contribution in [0.5, 0.6) is 0 Å². The summed E-state index contributed by atoms with van der Waals surface area (Å²) in [7, 11) is 0. The van der Waals surface area contributed by atoms with Crippen molar-refractivity contribution >= 4 is 34.6 Å². The number of aromatic amines is 2. The fourth-order valence-electron chi connectivity index (χ4n) is 2.00. The maximum atomic E-state index is 11.1. The smallest absolute Gasteiger partial charge is 0.304 e. The highest BCUT2D eigenvalue weighted by molar-refractivity contribution is 7.71. The Hall–Kier alpha value is -1.66. The standard InChI is InChI=1S/C12H11N3OS2/c1-7-2-3-10-9(4-7)14-11(17)15(10)5-8-6-18-12(16)13-8/h2-4,6H,5H2,1H3,(H,13,16)(H,14,17). The van der Waals surface area contributed by atoms with E-state index in [4.69, 9.17) is 12.2 Å². The van der Waals surface area contributed by atoms with E-state index in [0.717, 1.165) is 16.7 Å². The summed E-state index contributed by atoms with van der Waals surface area (Å²) in [4.78, 5) is 17.1. The number of nitrogens with zero attached hydrogens (tertiary/aromatic N) is 1. The molecule has 0 fully saturated rings.